The molecule has 0 spiro atoms. The van der Waals surface area contributed by atoms with E-state index in [2.05, 4.69) is 11.4 Å². The minimum atomic E-state index is -0.833. The molecule has 1 atom stereocenters. The number of nitrogens with one attached hydrogen (secondary N) is 1. The van der Waals surface area contributed by atoms with Crippen molar-refractivity contribution in [2.75, 3.05) is 13.2 Å². The fourth-order valence-corrected chi connectivity index (χ4v) is 1.68. The number of nitrogens with zero attached hydrogens (tertiary/aromatic N) is 2. The van der Waals surface area contributed by atoms with Gasteiger partial charge >= 0.3 is 0 Å². The fraction of sp³-hybridized carbons (Fsp3) is 0.417. The van der Waals surface area contributed by atoms with Gasteiger partial charge in [-0.05, 0) is 19.5 Å². The molecule has 6 nitrogen and oxygen atoms in total. The Bertz CT molecular complexity index is 515. The highest BCUT2D eigenvalue weighted by Gasteiger charge is 2.24. The lowest BCUT2D eigenvalue weighted by Gasteiger charge is -2.22. The van der Waals surface area contributed by atoms with Gasteiger partial charge in [0.05, 0.1) is 16.0 Å². The van der Waals surface area contributed by atoms with Crippen LogP contribution in [0.5, 0.6) is 5.75 Å². The van der Waals surface area contributed by atoms with Gasteiger partial charge in [-0.1, -0.05) is 18.5 Å². The summed E-state index contributed by atoms with van der Waals surface area (Å²) in [7, 11) is 0. The van der Waals surface area contributed by atoms with E-state index in [1.807, 2.05) is 6.92 Å². The highest BCUT2D eigenvalue weighted by atomic mass is 35.5. The summed E-state index contributed by atoms with van der Waals surface area (Å²) < 4.78 is 5.44. The number of nitriles is 1. The van der Waals surface area contributed by atoms with E-state index in [0.717, 1.165) is 0 Å². The largest absolute Gasteiger partial charge is 0.489 e. The molecule has 0 heterocycles. The SMILES string of the molecule is CCNC(C)(C#N)COc1ccc([N+](=O)[O-])cc1Cl. The van der Waals surface area contributed by atoms with Gasteiger partial charge in [0.2, 0.25) is 0 Å². The van der Waals surface area contributed by atoms with Crippen molar-refractivity contribution in [2.24, 2.45) is 0 Å². The van der Waals surface area contributed by atoms with Gasteiger partial charge in [0.1, 0.15) is 17.9 Å². The van der Waals surface area contributed by atoms with Crippen LogP contribution >= 0.6 is 11.6 Å². The maximum Gasteiger partial charge on any atom is 0.271 e. The van der Waals surface area contributed by atoms with E-state index in [1.165, 1.54) is 18.2 Å². The van der Waals surface area contributed by atoms with Crippen LogP contribution in [-0.4, -0.2) is 23.6 Å². The Kier molecular flexibility index (Phi) is 5.10. The van der Waals surface area contributed by atoms with Crippen LogP contribution in [0.2, 0.25) is 5.02 Å². The van der Waals surface area contributed by atoms with Gasteiger partial charge in [-0.15, -0.1) is 0 Å². The highest BCUT2D eigenvalue weighted by molar-refractivity contribution is 6.32. The van der Waals surface area contributed by atoms with Crippen LogP contribution in [0.15, 0.2) is 18.2 Å². The van der Waals surface area contributed by atoms with E-state index in [0.29, 0.717) is 12.3 Å². The maximum absolute atomic E-state index is 10.6. The van der Waals surface area contributed by atoms with E-state index in [4.69, 9.17) is 21.6 Å². The summed E-state index contributed by atoms with van der Waals surface area (Å²) in [4.78, 5) is 10.0. The van der Waals surface area contributed by atoms with Crippen LogP contribution in [-0.2, 0) is 0 Å². The van der Waals surface area contributed by atoms with Crippen LogP contribution in [0, 0.1) is 21.4 Å². The number of ether oxygens (including phenoxy) is 1. The molecule has 0 amide bonds. The Morgan fingerprint density at radius 1 is 1.63 bits per heavy atom. The standard InChI is InChI=1S/C12H14ClN3O3/c1-3-15-12(2,7-14)8-19-11-5-4-9(16(17)18)6-10(11)13/h4-6,15H,3,8H2,1-2H3. The zero-order chi connectivity index (χ0) is 14.5. The second-order valence-corrected chi connectivity index (χ2v) is 4.54. The van der Waals surface area contributed by atoms with E-state index < -0.39 is 10.5 Å². The van der Waals surface area contributed by atoms with Crippen molar-refractivity contribution in [1.82, 2.24) is 5.32 Å². The van der Waals surface area contributed by atoms with Crippen molar-refractivity contribution in [3.05, 3.63) is 33.3 Å². The Morgan fingerprint density at radius 3 is 2.79 bits per heavy atom. The van der Waals surface area contributed by atoms with Crippen LogP contribution in [0.1, 0.15) is 13.8 Å². The molecule has 0 aliphatic carbocycles. The number of halogens is 1. The summed E-state index contributed by atoms with van der Waals surface area (Å²) in [6, 6.07) is 6.05. The number of hydrogen-bond acceptors (Lipinski definition) is 5. The first-order valence-electron chi connectivity index (χ1n) is 5.65. The minimum absolute atomic E-state index is 0.0921. The quantitative estimate of drug-likeness (QED) is 0.640. The number of benzene rings is 1. The Balaban J connectivity index is 2.79. The predicted molar refractivity (Wildman–Crippen MR) is 71.3 cm³/mol. The van der Waals surface area contributed by atoms with E-state index >= 15 is 0 Å². The average molecular weight is 284 g/mol. The van der Waals surface area contributed by atoms with Crippen molar-refractivity contribution < 1.29 is 9.66 Å². The van der Waals surface area contributed by atoms with E-state index in [1.54, 1.807) is 6.92 Å². The lowest BCUT2D eigenvalue weighted by molar-refractivity contribution is -0.384. The van der Waals surface area contributed by atoms with Crippen LogP contribution in [0.3, 0.4) is 0 Å². The molecular formula is C12H14ClN3O3. The van der Waals surface area contributed by atoms with Crippen molar-refractivity contribution in [3.8, 4) is 11.8 Å². The first-order valence-corrected chi connectivity index (χ1v) is 6.02. The van der Waals surface area contributed by atoms with Crippen LogP contribution < -0.4 is 10.1 Å². The molecule has 0 fully saturated rings. The fourth-order valence-electron chi connectivity index (χ4n) is 1.46. The molecule has 19 heavy (non-hydrogen) atoms. The molecule has 1 aromatic carbocycles. The zero-order valence-corrected chi connectivity index (χ0v) is 11.4. The van der Waals surface area contributed by atoms with Crippen LogP contribution in [0.25, 0.3) is 0 Å². The third-order valence-electron chi connectivity index (χ3n) is 2.46. The third-order valence-corrected chi connectivity index (χ3v) is 2.75. The first kappa shape index (κ1) is 15.2. The number of hydrogen-bond donors (Lipinski definition) is 1. The summed E-state index contributed by atoms with van der Waals surface area (Å²) in [6.45, 7) is 4.31. The molecule has 0 aromatic heterocycles. The van der Waals surface area contributed by atoms with Gasteiger partial charge in [-0.3, -0.25) is 15.4 Å². The monoisotopic (exact) mass is 283 g/mol. The Morgan fingerprint density at radius 2 is 2.32 bits per heavy atom. The normalized spacial score (nSPS) is 13.4. The molecule has 0 aliphatic heterocycles. The summed E-state index contributed by atoms with van der Waals surface area (Å²) >= 11 is 5.89. The molecule has 1 unspecified atom stereocenters. The number of non-ortho nitro benzene ring substituents is 1. The molecule has 1 N–H and O–H groups in total. The highest BCUT2D eigenvalue weighted by Crippen LogP contribution is 2.29. The van der Waals surface area contributed by atoms with Crippen molar-refractivity contribution in [1.29, 1.82) is 5.26 Å². The molecular weight excluding hydrogens is 270 g/mol. The van der Waals surface area contributed by atoms with Gasteiger partial charge in [0, 0.05) is 12.1 Å². The molecule has 0 bridgehead atoms. The zero-order valence-electron chi connectivity index (χ0n) is 10.6. The molecule has 0 aliphatic rings. The average Bonchev–Trinajstić information content (AvgIpc) is 2.37. The van der Waals surface area contributed by atoms with Gasteiger partial charge in [0.15, 0.2) is 0 Å². The lowest BCUT2D eigenvalue weighted by Crippen LogP contribution is -2.46. The van der Waals surface area contributed by atoms with Crippen LogP contribution in [0.4, 0.5) is 5.69 Å². The summed E-state index contributed by atoms with van der Waals surface area (Å²) in [6.07, 6.45) is 0. The van der Waals surface area contributed by atoms with Crippen molar-refractivity contribution in [2.45, 2.75) is 19.4 Å². The number of nitro benzene ring substituents is 1. The summed E-state index contributed by atoms with van der Waals surface area (Å²) in [5, 5.41) is 22.8. The Hall–Kier alpha value is -1.84. The molecule has 7 heteroatoms. The number of likely N-dealkylation sites (N-methyl/N-ethyl adjacent to an activating group) is 1. The molecule has 102 valence electrons. The first-order chi connectivity index (χ1) is 8.91. The molecule has 0 saturated heterocycles. The minimum Gasteiger partial charge on any atom is -0.489 e. The van der Waals surface area contributed by atoms with E-state index in [9.17, 15) is 10.1 Å². The van der Waals surface area contributed by atoms with Gasteiger partial charge in [-0.25, -0.2) is 0 Å². The maximum atomic E-state index is 10.6. The lowest BCUT2D eigenvalue weighted by atomic mass is 10.1. The summed E-state index contributed by atoms with van der Waals surface area (Å²) in [5.74, 6) is 0.312. The molecule has 0 saturated carbocycles. The number of rotatable bonds is 6. The molecule has 1 aromatic rings. The molecule has 1 rings (SSSR count). The topological polar surface area (TPSA) is 88.2 Å². The smallest absolute Gasteiger partial charge is 0.271 e. The molecule has 0 radical (unpaired) electrons. The van der Waals surface area contributed by atoms with E-state index in [-0.39, 0.29) is 17.3 Å². The van der Waals surface area contributed by atoms with Crippen molar-refractivity contribution >= 4 is 17.3 Å². The number of nitro groups is 1. The Labute approximate surface area is 116 Å². The second-order valence-electron chi connectivity index (χ2n) is 4.13. The van der Waals surface area contributed by atoms with Gasteiger partial charge in [-0.2, -0.15) is 5.26 Å². The third kappa shape index (κ3) is 4.09. The predicted octanol–water partition coefficient (Wildman–Crippen LogP) is 2.52. The second kappa shape index (κ2) is 6.36. The van der Waals surface area contributed by atoms with Gasteiger partial charge < -0.3 is 4.74 Å². The van der Waals surface area contributed by atoms with Gasteiger partial charge in [0.25, 0.3) is 5.69 Å². The summed E-state index contributed by atoms with van der Waals surface area (Å²) in [5.41, 5.74) is -0.938. The van der Waals surface area contributed by atoms with Crippen molar-refractivity contribution in [3.63, 3.8) is 0 Å².